The third-order valence-electron chi connectivity index (χ3n) is 16.0. The number of rotatable bonds is 26. The fourth-order valence-corrected chi connectivity index (χ4v) is 11.2. The molecular formula is C64H86Cl2N16O13. The van der Waals surface area contributed by atoms with Crippen LogP contribution in [0.15, 0.2) is 84.0 Å². The maximum atomic E-state index is 14.8. The van der Waals surface area contributed by atoms with Crippen LogP contribution in [0.2, 0.25) is 10.0 Å². The molecule has 12 amide bonds. The Morgan fingerprint density at radius 3 is 1.84 bits per heavy atom. The third-order valence-corrected chi connectivity index (χ3v) is 16.5. The second-order valence-electron chi connectivity index (χ2n) is 24.0. The zero-order chi connectivity index (χ0) is 69.5. The van der Waals surface area contributed by atoms with Gasteiger partial charge < -0.3 is 85.4 Å². The fourth-order valence-electron chi connectivity index (χ4n) is 11.0. The Bertz CT molecular complexity index is 3420. The molecule has 18 N–H and O–H groups in total. The first-order valence-corrected chi connectivity index (χ1v) is 32.2. The van der Waals surface area contributed by atoms with E-state index in [1.54, 1.807) is 92.8 Å². The number of para-hydroxylation sites is 1. The van der Waals surface area contributed by atoms with Gasteiger partial charge in [-0.2, -0.15) is 0 Å². The quantitative estimate of drug-likeness (QED) is 0.0207. The van der Waals surface area contributed by atoms with E-state index in [2.05, 4.69) is 63.1 Å². The van der Waals surface area contributed by atoms with Crippen molar-refractivity contribution in [3.8, 4) is 0 Å². The van der Waals surface area contributed by atoms with E-state index in [-0.39, 0.29) is 95.7 Å². The molecule has 2 aliphatic rings. The number of carbonyl (C=O) groups is 12. The van der Waals surface area contributed by atoms with E-state index in [4.69, 9.17) is 40.4 Å². The molecule has 0 radical (unpaired) electrons. The van der Waals surface area contributed by atoms with Gasteiger partial charge in [-0.1, -0.05) is 79.5 Å². The number of halogens is 2. The van der Waals surface area contributed by atoms with Crippen molar-refractivity contribution < 1.29 is 62.6 Å². The normalized spacial score (nSPS) is 19.7. The lowest BCUT2D eigenvalue weighted by Crippen LogP contribution is -2.61. The summed E-state index contributed by atoms with van der Waals surface area (Å²) in [7, 11) is 0. The van der Waals surface area contributed by atoms with Crippen molar-refractivity contribution in [2.24, 2.45) is 28.1 Å². The molecule has 31 heteroatoms. The molecule has 6 rings (SSSR count). The van der Waals surface area contributed by atoms with Gasteiger partial charge in [0.05, 0.1) is 13.0 Å². The van der Waals surface area contributed by atoms with Gasteiger partial charge in [-0.25, -0.2) is 0 Å². The number of aliphatic hydroxyl groups is 1. The van der Waals surface area contributed by atoms with E-state index in [1.165, 1.54) is 18.7 Å². The van der Waals surface area contributed by atoms with Crippen molar-refractivity contribution in [2.45, 2.75) is 165 Å². The lowest BCUT2D eigenvalue weighted by Gasteiger charge is -2.31. The number of guanidine groups is 1. The van der Waals surface area contributed by atoms with Crippen molar-refractivity contribution in [3.05, 3.63) is 106 Å². The van der Waals surface area contributed by atoms with Crippen LogP contribution < -0.4 is 70.4 Å². The van der Waals surface area contributed by atoms with Gasteiger partial charge in [-0.15, -0.1) is 0 Å². The minimum atomic E-state index is -1.88. The summed E-state index contributed by atoms with van der Waals surface area (Å²) in [5, 5.41) is 38.7. The number of carbonyl (C=O) groups excluding carboxylic acids is 12. The van der Waals surface area contributed by atoms with Crippen LogP contribution >= 0.6 is 23.2 Å². The number of likely N-dealkylation sites (tertiary alicyclic amines) is 1. The summed E-state index contributed by atoms with van der Waals surface area (Å²) in [6.07, 6.45) is 1.52. The van der Waals surface area contributed by atoms with E-state index in [0.717, 1.165) is 0 Å². The van der Waals surface area contributed by atoms with Crippen LogP contribution in [0, 0.1) is 5.92 Å². The second-order valence-corrected chi connectivity index (χ2v) is 24.9. The van der Waals surface area contributed by atoms with Crippen LogP contribution in [-0.4, -0.2) is 178 Å². The predicted octanol–water partition coefficient (Wildman–Crippen LogP) is -0.836. The van der Waals surface area contributed by atoms with Gasteiger partial charge in [0.2, 0.25) is 70.9 Å². The van der Waals surface area contributed by atoms with Crippen LogP contribution in [0.3, 0.4) is 0 Å². The van der Waals surface area contributed by atoms with Crippen LogP contribution in [0.4, 0.5) is 0 Å². The first-order valence-electron chi connectivity index (χ1n) is 31.5. The average molecular weight is 1360 g/mol. The molecule has 1 aromatic heterocycles. The zero-order valence-electron chi connectivity index (χ0n) is 53.4. The van der Waals surface area contributed by atoms with E-state index in [9.17, 15) is 62.6 Å². The third kappa shape index (κ3) is 23.3. The van der Waals surface area contributed by atoms with Gasteiger partial charge in [0, 0.05) is 73.0 Å². The van der Waals surface area contributed by atoms with E-state index < -0.39 is 144 Å². The standard InChI is InChI=1S/C64H86Cl2N16O13/c1-34(2)27-46-56(88)76-45(63(95)82-26-10-15-52(82)62(94)73-35(3)54(67)86)13-7-8-24-70-53(85)31-50(60(92)75-44(55(87)77-46)14-9-25-71-64(68)69)80-61(93)51(33-83)81-59(91)49(30-39-32-72-43-12-6-5-11-42(39)43)79-58(90)48(29-38-18-22-41(66)23-19-38)78-57(89)47(74-36(4)84)28-37-16-20-40(65)21-17-37/h5-6,11-12,16-23,32,34-35,44-52,72,83H,7-10,13-15,24-31,33H2,1-4H3,(H2,67,86)(H,70,85)(H,73,94)(H,74,84)(H,75,92)(H,76,88)(H,77,87)(H,78,89)(H,79,90)(H,80,93)(H,81,91)(H4,68,69,71)/t35-,44+,45+,46+,47-,48-,49-,50-,51+,52-/m1/s1. The Hall–Kier alpha value is -9.35. The monoisotopic (exact) mass is 1360 g/mol. The second kappa shape index (κ2) is 36.4. The Kier molecular flexibility index (Phi) is 28.6. The highest BCUT2D eigenvalue weighted by Crippen LogP contribution is 2.23. The van der Waals surface area contributed by atoms with Crippen molar-refractivity contribution in [1.82, 2.24) is 63.1 Å². The van der Waals surface area contributed by atoms with Crippen molar-refractivity contribution in [3.63, 3.8) is 0 Å². The lowest BCUT2D eigenvalue weighted by atomic mass is 10.0. The summed E-state index contributed by atoms with van der Waals surface area (Å²) in [6.45, 7) is 5.20. The highest BCUT2D eigenvalue weighted by Gasteiger charge is 2.40. The molecule has 10 atom stereocenters. The van der Waals surface area contributed by atoms with Crippen molar-refractivity contribution in [2.75, 3.05) is 26.2 Å². The first kappa shape index (κ1) is 74.7. The number of hydrogen-bond acceptors (Lipinski definition) is 14. The summed E-state index contributed by atoms with van der Waals surface area (Å²) >= 11 is 12.3. The summed E-state index contributed by atoms with van der Waals surface area (Å²) in [6, 6.07) is 6.17. The van der Waals surface area contributed by atoms with Crippen LogP contribution in [-0.2, 0) is 76.8 Å². The molecule has 3 aromatic carbocycles. The van der Waals surface area contributed by atoms with E-state index >= 15 is 0 Å². The number of nitrogens with zero attached hydrogens (tertiary/aromatic N) is 2. The van der Waals surface area contributed by atoms with Gasteiger partial charge in [-0.05, 0) is 111 Å². The molecule has 95 heavy (non-hydrogen) atoms. The SMILES string of the molecule is CC(=O)N[C@H](Cc1ccc(Cl)cc1)C(=O)N[C@H](Cc1ccc(Cl)cc1)C(=O)N[C@H](Cc1c[nH]c2ccccc12)C(=O)N[C@@H](CO)C(=O)N[C@@H]1CC(=O)NCCCC[C@@H](C(=O)N2CCC[C@@H]2C(=O)N[C@H](C)C(N)=O)NC(=O)[C@H](CC(C)C)NC(=O)[C@H](CCCN=C(N)N)NC1=O. The highest BCUT2D eigenvalue weighted by molar-refractivity contribution is 6.30. The molecule has 0 spiro atoms. The maximum Gasteiger partial charge on any atom is 0.245 e. The van der Waals surface area contributed by atoms with Gasteiger partial charge in [0.1, 0.15) is 60.4 Å². The predicted molar refractivity (Wildman–Crippen MR) is 353 cm³/mol. The molecule has 0 bridgehead atoms. The smallest absolute Gasteiger partial charge is 0.245 e. The number of aliphatic imine (C=N–C) groups is 1. The summed E-state index contributed by atoms with van der Waals surface area (Å²) < 4.78 is 0. The number of benzene rings is 3. The Labute approximate surface area is 559 Å². The summed E-state index contributed by atoms with van der Waals surface area (Å²) in [5.41, 5.74) is 18.9. The minimum Gasteiger partial charge on any atom is -0.394 e. The highest BCUT2D eigenvalue weighted by atomic mass is 35.5. The molecule has 0 saturated carbocycles. The summed E-state index contributed by atoms with van der Waals surface area (Å²) in [4.78, 5) is 176. The Balaban J connectivity index is 1.28. The van der Waals surface area contributed by atoms with Gasteiger partial charge in [0.25, 0.3) is 0 Å². The minimum absolute atomic E-state index is 0.00413. The first-order chi connectivity index (χ1) is 45.2. The number of primary amides is 1. The Morgan fingerprint density at radius 1 is 0.674 bits per heavy atom. The molecule has 4 aromatic rings. The van der Waals surface area contributed by atoms with Gasteiger partial charge in [-0.3, -0.25) is 62.5 Å². The molecule has 0 unspecified atom stereocenters. The van der Waals surface area contributed by atoms with Crippen LogP contribution in [0.25, 0.3) is 10.9 Å². The number of aromatic nitrogens is 1. The number of fused-ring (bicyclic) bond motifs is 1. The number of H-pyrrole nitrogens is 1. The fraction of sp³-hybridized carbons (Fsp3) is 0.484. The Morgan fingerprint density at radius 2 is 1.25 bits per heavy atom. The van der Waals surface area contributed by atoms with Gasteiger partial charge >= 0.3 is 0 Å². The van der Waals surface area contributed by atoms with E-state index in [0.29, 0.717) is 44.1 Å². The number of hydrogen-bond donors (Lipinski definition) is 15. The van der Waals surface area contributed by atoms with Crippen LogP contribution in [0.5, 0.6) is 0 Å². The maximum absolute atomic E-state index is 14.8. The number of nitrogens with one attached hydrogen (secondary N) is 11. The molecule has 2 fully saturated rings. The number of aliphatic hydroxyl groups excluding tert-OH is 1. The zero-order valence-corrected chi connectivity index (χ0v) is 54.9. The van der Waals surface area contributed by atoms with Gasteiger partial charge in [0.15, 0.2) is 5.96 Å². The van der Waals surface area contributed by atoms with Crippen LogP contribution in [0.1, 0.15) is 102 Å². The molecule has 514 valence electrons. The molecule has 3 heterocycles. The largest absolute Gasteiger partial charge is 0.394 e. The average Bonchev–Trinajstić information content (AvgIpc) is 1.78. The number of nitrogens with two attached hydrogens (primary N) is 3. The molecular weight excluding hydrogens is 1270 g/mol. The molecule has 29 nitrogen and oxygen atoms in total. The van der Waals surface area contributed by atoms with Crippen molar-refractivity contribution in [1.29, 1.82) is 0 Å². The summed E-state index contributed by atoms with van der Waals surface area (Å²) in [5.74, 6) is -10.4. The molecule has 2 aliphatic heterocycles. The topological polar surface area (TPSA) is 455 Å². The number of amides is 12. The molecule has 2 saturated heterocycles. The lowest BCUT2D eigenvalue weighted by molar-refractivity contribution is -0.142. The molecule has 0 aliphatic carbocycles. The van der Waals surface area contributed by atoms with Crippen molar-refractivity contribution >= 4 is 111 Å². The van der Waals surface area contributed by atoms with E-state index in [1.807, 2.05) is 0 Å². The number of aromatic amines is 1.